The molecule has 0 bridgehead atoms. The van der Waals surface area contributed by atoms with E-state index in [4.69, 9.17) is 15.0 Å². The maximum atomic E-state index is 12.2. The molecule has 707 valence electrons. The molecule has 8 aromatic carbocycles. The van der Waals surface area contributed by atoms with Crippen molar-refractivity contribution in [3.05, 3.63) is 280 Å². The Labute approximate surface area is 825 Å². The van der Waals surface area contributed by atoms with E-state index in [1.807, 2.05) is 125 Å². The van der Waals surface area contributed by atoms with Gasteiger partial charge in [0.05, 0.1) is 16.6 Å². The number of nitrogens with zero attached hydrogens (tertiary/aromatic N) is 3. The Bertz CT molecular complexity index is 5250. The van der Waals surface area contributed by atoms with E-state index in [0.717, 1.165) is 150 Å². The van der Waals surface area contributed by atoms with Gasteiger partial charge in [0, 0.05) is 127 Å². The van der Waals surface area contributed by atoms with Crippen molar-refractivity contribution < 1.29 is 90.0 Å². The van der Waals surface area contributed by atoms with Gasteiger partial charge in [0.2, 0.25) is 0 Å². The predicted molar refractivity (Wildman–Crippen MR) is 543 cm³/mol. The van der Waals surface area contributed by atoms with E-state index < -0.39 is 0 Å². The SMILES string of the molecule is CCC(C)(C)C(=O)C=C(O)C(C)(C)CC.CCC(C)(CC)C(=O)C=C(O)C(C)(CC)CC.CCC(C)(CC)C(=O)C=C(O)C(C)(CC)CC.Cc1[c-]c(-c2cc(CC(C)C)c3cc(-c4ccccc4)ccc3n2)cc(C)c1.Cc1[c-]c(-c2cc(CC(C)C)c3cc(-c4ccccc4)ccc3n2)cc(C)c1.Cc1[c-]c(-c2ccc3c(CC(C)C)cccc3n2)cc(C)c1.[Ir].[Ir].[Ir]. The zero-order valence-corrected chi connectivity index (χ0v) is 91.5. The maximum absolute atomic E-state index is 12.2. The van der Waals surface area contributed by atoms with Crippen molar-refractivity contribution in [3.63, 3.8) is 0 Å². The molecule has 0 aliphatic carbocycles. The number of carbonyl (C=O) groups excluding carboxylic acids is 3. The Kier molecular flexibility index (Phi) is 47.1. The van der Waals surface area contributed by atoms with Gasteiger partial charge in [-0.15, -0.1) is 105 Å². The van der Waals surface area contributed by atoms with E-state index in [-0.39, 0.29) is 127 Å². The number of aromatic nitrogens is 3. The maximum Gasteiger partial charge on any atom is 0.164 e. The van der Waals surface area contributed by atoms with Gasteiger partial charge in [-0.25, -0.2) is 0 Å². The minimum absolute atomic E-state index is 0. The van der Waals surface area contributed by atoms with Crippen LogP contribution in [0.2, 0.25) is 0 Å². The van der Waals surface area contributed by atoms with E-state index >= 15 is 0 Å². The predicted octanol–water partition coefficient (Wildman–Crippen LogP) is 33.0. The smallest absolute Gasteiger partial charge is 0.164 e. The first-order valence-electron chi connectivity index (χ1n) is 47.0. The van der Waals surface area contributed by atoms with Crippen LogP contribution in [0.4, 0.5) is 0 Å². The first-order valence-corrected chi connectivity index (χ1v) is 47.0. The van der Waals surface area contributed by atoms with Gasteiger partial charge in [-0.2, -0.15) is 0 Å². The third kappa shape index (κ3) is 32.7. The summed E-state index contributed by atoms with van der Waals surface area (Å²) in [4.78, 5) is 51.1. The average Bonchev–Trinajstić information content (AvgIpc) is 0.791. The fourth-order valence-corrected chi connectivity index (χ4v) is 15.0. The van der Waals surface area contributed by atoms with Crippen molar-refractivity contribution >= 4 is 50.1 Å². The van der Waals surface area contributed by atoms with Crippen LogP contribution < -0.4 is 0 Å². The second kappa shape index (κ2) is 52.9. The fraction of sp³-hybridized carbons (Fsp3) is 0.441. The van der Waals surface area contributed by atoms with Gasteiger partial charge in [0.25, 0.3) is 0 Å². The van der Waals surface area contributed by atoms with Crippen LogP contribution in [0.5, 0.6) is 0 Å². The molecular weight excluding hydrogens is 2130 g/mol. The largest absolute Gasteiger partial charge is 0.512 e. The topological polar surface area (TPSA) is 151 Å². The summed E-state index contributed by atoms with van der Waals surface area (Å²) >= 11 is 0. The van der Waals surface area contributed by atoms with Gasteiger partial charge < -0.3 is 15.3 Å². The Morgan fingerprint density at radius 3 is 0.946 bits per heavy atom. The molecule has 0 atom stereocenters. The van der Waals surface area contributed by atoms with Crippen molar-refractivity contribution in [2.45, 2.75) is 291 Å². The van der Waals surface area contributed by atoms with Crippen molar-refractivity contribution in [1.82, 2.24) is 15.0 Å². The third-order valence-electron chi connectivity index (χ3n) is 26.6. The molecule has 0 saturated carbocycles. The summed E-state index contributed by atoms with van der Waals surface area (Å²) in [6.07, 6.45) is 15.7. The molecule has 0 fully saturated rings. The molecule has 0 aliphatic rings. The van der Waals surface area contributed by atoms with Crippen LogP contribution >= 0.6 is 0 Å². The van der Waals surface area contributed by atoms with Gasteiger partial charge in [-0.3, -0.25) is 29.3 Å². The summed E-state index contributed by atoms with van der Waals surface area (Å²) in [7, 11) is 0. The van der Waals surface area contributed by atoms with Crippen LogP contribution in [0.3, 0.4) is 0 Å². The Balaban J connectivity index is 0.000000408. The van der Waals surface area contributed by atoms with Gasteiger partial charge in [-0.05, 0) is 188 Å². The number of aryl methyl sites for hydroxylation is 6. The molecule has 9 nitrogen and oxygen atoms in total. The summed E-state index contributed by atoms with van der Waals surface area (Å²) in [6.45, 7) is 62.1. The standard InChI is InChI=1S/2C27H26N.C21H22N.2C15H28O2.C13H24O2.3Ir/c2*1-18(2)12-23-17-27(24-14-19(3)13-20(4)15-24)28-26-11-10-22(16-25(23)26)21-8-6-5-7-9-21;1-14(2)10-17-6-5-7-21-19(17)8-9-20(22-21)18-12-15(3)11-16(4)13-18;2*1-7-14(5,8-2)12(16)11-13(17)15(6,9-3)10-4;1-7-12(3,4)10(14)9-11(15)13(5,6)8-2;;;/h2*5-11,13-14,16-18H,12H2,1-4H3;5-9,11-12,14H,10H2,1-4H3;2*11,16H,7-10H2,1-6H3;9,14H,7-8H2,1-6H3;;;/q3*-1;;;;;;. The number of aliphatic hydroxyl groups excluding tert-OH is 3. The zero-order chi connectivity index (χ0) is 94.7. The monoisotopic (exact) mass is 2290 g/mol. The number of allylic oxidation sites excluding steroid dienone is 6. The number of carbonyl (C=O) groups is 3. The molecule has 11 aromatic rings. The molecule has 130 heavy (non-hydrogen) atoms. The quantitative estimate of drug-likeness (QED) is 0.0227. The van der Waals surface area contributed by atoms with Gasteiger partial charge >= 0.3 is 0 Å². The number of aliphatic hydroxyl groups is 3. The van der Waals surface area contributed by atoms with E-state index in [2.05, 4.69) is 277 Å². The number of hydrogen-bond acceptors (Lipinski definition) is 9. The zero-order valence-electron chi connectivity index (χ0n) is 84.3. The summed E-state index contributed by atoms with van der Waals surface area (Å²) in [5.41, 5.74) is 23.9. The summed E-state index contributed by atoms with van der Waals surface area (Å²) in [5, 5.41) is 33.9. The molecule has 11 rings (SSSR count). The molecule has 0 amide bonds. The number of fused-ring (bicyclic) bond motifs is 3. The van der Waals surface area contributed by atoms with Crippen molar-refractivity contribution in [3.8, 4) is 56.0 Å². The molecule has 0 unspecified atom stereocenters. The Morgan fingerprint density at radius 1 is 0.308 bits per heavy atom. The minimum atomic E-state index is -0.377. The van der Waals surface area contributed by atoms with E-state index in [0.29, 0.717) is 17.8 Å². The fourth-order valence-electron chi connectivity index (χ4n) is 15.0. The molecule has 12 heteroatoms. The van der Waals surface area contributed by atoms with E-state index in [1.165, 1.54) is 90.0 Å². The molecule has 3 radical (unpaired) electrons. The average molecular weight is 2290 g/mol. The summed E-state index contributed by atoms with van der Waals surface area (Å²) < 4.78 is 0. The molecule has 0 spiro atoms. The Hall–Kier alpha value is -8.43. The number of pyridine rings is 3. The van der Waals surface area contributed by atoms with Crippen molar-refractivity contribution in [1.29, 1.82) is 0 Å². The second-order valence-corrected chi connectivity index (χ2v) is 39.0. The van der Waals surface area contributed by atoms with Crippen LogP contribution in [0, 0.1) is 110 Å². The van der Waals surface area contributed by atoms with Gasteiger partial charge in [-0.1, -0.05) is 317 Å². The number of rotatable bonds is 30. The van der Waals surface area contributed by atoms with Gasteiger partial charge in [0.1, 0.15) is 17.3 Å². The van der Waals surface area contributed by atoms with Crippen molar-refractivity contribution in [2.24, 2.45) is 50.2 Å². The Morgan fingerprint density at radius 2 is 0.623 bits per heavy atom. The molecule has 3 aromatic heterocycles. The minimum Gasteiger partial charge on any atom is -0.512 e. The van der Waals surface area contributed by atoms with Crippen LogP contribution in [0.1, 0.15) is 280 Å². The first-order chi connectivity index (χ1) is 59.8. The molecule has 0 saturated heterocycles. The van der Waals surface area contributed by atoms with Crippen molar-refractivity contribution in [2.75, 3.05) is 0 Å². The summed E-state index contributed by atoms with van der Waals surface area (Å²) in [5.74, 6) is 2.59. The second-order valence-electron chi connectivity index (χ2n) is 39.0. The van der Waals surface area contributed by atoms with Crippen LogP contribution in [0.15, 0.2) is 211 Å². The van der Waals surface area contributed by atoms with Crippen LogP contribution in [-0.4, -0.2) is 47.6 Å². The number of benzene rings is 8. The normalized spacial score (nSPS) is 12.1. The molecule has 0 aliphatic heterocycles. The third-order valence-corrected chi connectivity index (χ3v) is 26.6. The number of hydrogen-bond donors (Lipinski definition) is 3. The van der Waals surface area contributed by atoms with Crippen LogP contribution in [-0.2, 0) is 94.0 Å². The summed E-state index contributed by atoms with van der Waals surface area (Å²) in [6, 6.07) is 73.0. The molecule has 3 heterocycles. The van der Waals surface area contributed by atoms with E-state index in [1.54, 1.807) is 0 Å². The molecule has 3 N–H and O–H groups in total. The first kappa shape index (κ1) is 116. The van der Waals surface area contributed by atoms with Gasteiger partial charge in [0.15, 0.2) is 17.3 Å². The van der Waals surface area contributed by atoms with Crippen LogP contribution in [0.25, 0.3) is 88.7 Å². The molecular formula is C118H154Ir3N3O6-3. The van der Waals surface area contributed by atoms with E-state index in [9.17, 15) is 29.7 Å². The number of ketones is 3.